The smallest absolute Gasteiger partial charge is 0.321 e. The maximum atomic E-state index is 10.4. The van der Waals surface area contributed by atoms with E-state index in [0.717, 1.165) is 0 Å². The van der Waals surface area contributed by atoms with Crippen LogP contribution in [0, 0.1) is 0 Å². The highest BCUT2D eigenvalue weighted by Gasteiger charge is 2.09. The van der Waals surface area contributed by atoms with E-state index in [1.54, 1.807) is 0 Å². The topological polar surface area (TPSA) is 104 Å². The predicted molar refractivity (Wildman–Crippen MR) is 47.2 cm³/mol. The van der Waals surface area contributed by atoms with E-state index in [2.05, 4.69) is 10.6 Å². The number of nitrogens with one attached hydrogen (secondary N) is 2. The van der Waals surface area contributed by atoms with Gasteiger partial charge in [0.1, 0.15) is 6.04 Å². The second kappa shape index (κ2) is 6.38. The number of carbonyl (C=O) groups excluding carboxylic acids is 1. The highest BCUT2D eigenvalue weighted by molar-refractivity contribution is 5.73. The van der Waals surface area contributed by atoms with Crippen molar-refractivity contribution in [1.29, 1.82) is 0 Å². The Kier molecular flexibility index (Phi) is 5.82. The molecule has 1 atom stereocenters. The van der Waals surface area contributed by atoms with E-state index >= 15 is 0 Å². The molecule has 0 aromatic heterocycles. The summed E-state index contributed by atoms with van der Waals surface area (Å²) >= 11 is 0. The molecule has 0 aromatic rings. The van der Waals surface area contributed by atoms with Gasteiger partial charge in [-0.15, -0.1) is 0 Å². The van der Waals surface area contributed by atoms with Crippen LogP contribution in [0.2, 0.25) is 0 Å². The van der Waals surface area contributed by atoms with Crippen LogP contribution in [0.3, 0.4) is 0 Å². The quantitative estimate of drug-likeness (QED) is 0.366. The van der Waals surface area contributed by atoms with Crippen LogP contribution >= 0.6 is 0 Å². The number of aliphatic carboxylic acids is 1. The maximum Gasteiger partial charge on any atom is 0.321 e. The van der Waals surface area contributed by atoms with Gasteiger partial charge in [-0.1, -0.05) is 0 Å². The van der Waals surface area contributed by atoms with Gasteiger partial charge in [-0.3, -0.25) is 9.59 Å². The fourth-order valence-corrected chi connectivity index (χ4v) is 0.672. The van der Waals surface area contributed by atoms with Crippen LogP contribution in [0.5, 0.6) is 0 Å². The molecule has 0 saturated heterocycles. The van der Waals surface area contributed by atoms with Crippen molar-refractivity contribution in [3.63, 3.8) is 0 Å². The molecule has 0 heterocycles. The zero-order chi connectivity index (χ0) is 10.3. The summed E-state index contributed by atoms with van der Waals surface area (Å²) in [5, 5.41) is 13.8. The Morgan fingerprint density at radius 2 is 2.08 bits per heavy atom. The molecule has 6 heteroatoms. The van der Waals surface area contributed by atoms with Gasteiger partial charge in [-0.05, 0) is 0 Å². The maximum absolute atomic E-state index is 10.4. The van der Waals surface area contributed by atoms with Crippen molar-refractivity contribution < 1.29 is 14.7 Å². The van der Waals surface area contributed by atoms with Crippen LogP contribution in [0.25, 0.3) is 0 Å². The summed E-state index contributed by atoms with van der Waals surface area (Å²) < 4.78 is 0. The first-order valence-corrected chi connectivity index (χ1v) is 3.97. The third-order valence-electron chi connectivity index (χ3n) is 1.36. The van der Waals surface area contributed by atoms with Crippen molar-refractivity contribution >= 4 is 11.9 Å². The third kappa shape index (κ3) is 7.23. The molecule has 0 rings (SSSR count). The Labute approximate surface area is 76.5 Å². The first kappa shape index (κ1) is 11.9. The standard InChI is InChI=1S/C7H15N3O3/c1-5(11)10-3-2-9-4-6(8)7(12)13/h6,9H,2-4,8H2,1H3,(H,10,11)(H,12,13). The fourth-order valence-electron chi connectivity index (χ4n) is 0.672. The summed E-state index contributed by atoms with van der Waals surface area (Å²) in [7, 11) is 0. The summed E-state index contributed by atoms with van der Waals surface area (Å²) in [5.41, 5.74) is 5.21. The minimum Gasteiger partial charge on any atom is -0.480 e. The van der Waals surface area contributed by atoms with Gasteiger partial charge in [0.05, 0.1) is 0 Å². The van der Waals surface area contributed by atoms with E-state index in [9.17, 15) is 9.59 Å². The lowest BCUT2D eigenvalue weighted by atomic mass is 10.3. The van der Waals surface area contributed by atoms with Crippen molar-refractivity contribution in [2.45, 2.75) is 13.0 Å². The molecule has 0 radical (unpaired) electrons. The molecular weight excluding hydrogens is 174 g/mol. The van der Waals surface area contributed by atoms with Gasteiger partial charge in [0.15, 0.2) is 0 Å². The molecule has 76 valence electrons. The molecular formula is C7H15N3O3. The monoisotopic (exact) mass is 189 g/mol. The highest BCUT2D eigenvalue weighted by atomic mass is 16.4. The average Bonchev–Trinajstić information content (AvgIpc) is 2.02. The molecule has 0 aliphatic heterocycles. The fraction of sp³-hybridized carbons (Fsp3) is 0.714. The third-order valence-corrected chi connectivity index (χ3v) is 1.36. The average molecular weight is 189 g/mol. The summed E-state index contributed by atoms with van der Waals surface area (Å²) in [6.45, 7) is 2.61. The van der Waals surface area contributed by atoms with Crippen LogP contribution in [-0.2, 0) is 9.59 Å². The normalized spacial score (nSPS) is 12.2. The Hall–Kier alpha value is -1.14. The first-order chi connectivity index (χ1) is 6.04. The largest absolute Gasteiger partial charge is 0.480 e. The lowest BCUT2D eigenvalue weighted by molar-refractivity contribution is -0.138. The molecule has 13 heavy (non-hydrogen) atoms. The Morgan fingerprint density at radius 3 is 2.54 bits per heavy atom. The molecule has 0 saturated carbocycles. The van der Waals surface area contributed by atoms with E-state index < -0.39 is 12.0 Å². The molecule has 6 nitrogen and oxygen atoms in total. The van der Waals surface area contributed by atoms with Gasteiger partial charge in [0, 0.05) is 26.6 Å². The number of rotatable bonds is 6. The number of carboxylic acid groups (broad SMARTS) is 1. The van der Waals surface area contributed by atoms with Gasteiger partial charge in [-0.2, -0.15) is 0 Å². The van der Waals surface area contributed by atoms with Crippen molar-refractivity contribution in [1.82, 2.24) is 10.6 Å². The molecule has 0 aromatic carbocycles. The molecule has 5 N–H and O–H groups in total. The molecule has 1 unspecified atom stereocenters. The van der Waals surface area contributed by atoms with Crippen molar-refractivity contribution in [3.8, 4) is 0 Å². The SMILES string of the molecule is CC(=O)NCCNCC(N)C(=O)O. The number of nitrogens with two attached hydrogens (primary N) is 1. The zero-order valence-electron chi connectivity index (χ0n) is 7.54. The second-order valence-corrected chi connectivity index (χ2v) is 2.63. The minimum atomic E-state index is -1.04. The second-order valence-electron chi connectivity index (χ2n) is 2.63. The van der Waals surface area contributed by atoms with E-state index in [4.69, 9.17) is 10.8 Å². The number of amides is 1. The van der Waals surface area contributed by atoms with Crippen LogP contribution in [-0.4, -0.2) is 42.7 Å². The van der Waals surface area contributed by atoms with E-state index in [1.165, 1.54) is 6.92 Å². The van der Waals surface area contributed by atoms with Gasteiger partial charge >= 0.3 is 5.97 Å². The Balaban J connectivity index is 3.26. The molecule has 0 aliphatic carbocycles. The van der Waals surface area contributed by atoms with Crippen LogP contribution < -0.4 is 16.4 Å². The highest BCUT2D eigenvalue weighted by Crippen LogP contribution is 1.74. The number of carbonyl (C=O) groups is 2. The van der Waals surface area contributed by atoms with Crippen LogP contribution in [0.1, 0.15) is 6.92 Å². The van der Waals surface area contributed by atoms with E-state index in [0.29, 0.717) is 13.1 Å². The predicted octanol–water partition coefficient (Wildman–Crippen LogP) is -1.88. The lowest BCUT2D eigenvalue weighted by Crippen LogP contribution is -2.42. The van der Waals surface area contributed by atoms with Crippen LogP contribution in [0.15, 0.2) is 0 Å². The molecule has 0 aliphatic rings. The summed E-state index contributed by atoms with van der Waals surface area (Å²) in [4.78, 5) is 20.6. The number of carboxylic acids is 1. The molecule has 0 bridgehead atoms. The molecule has 0 fully saturated rings. The van der Waals surface area contributed by atoms with Crippen molar-refractivity contribution in [3.05, 3.63) is 0 Å². The Morgan fingerprint density at radius 1 is 1.46 bits per heavy atom. The van der Waals surface area contributed by atoms with Gasteiger partial charge < -0.3 is 21.5 Å². The van der Waals surface area contributed by atoms with Gasteiger partial charge in [0.25, 0.3) is 0 Å². The zero-order valence-corrected chi connectivity index (χ0v) is 7.54. The minimum absolute atomic E-state index is 0.107. The Bertz CT molecular complexity index is 184. The van der Waals surface area contributed by atoms with Gasteiger partial charge in [-0.25, -0.2) is 0 Å². The van der Waals surface area contributed by atoms with E-state index in [1.807, 2.05) is 0 Å². The molecule has 0 spiro atoms. The first-order valence-electron chi connectivity index (χ1n) is 3.97. The summed E-state index contributed by atoms with van der Waals surface area (Å²) in [6.07, 6.45) is 0. The summed E-state index contributed by atoms with van der Waals surface area (Å²) in [6, 6.07) is -0.891. The molecule has 1 amide bonds. The summed E-state index contributed by atoms with van der Waals surface area (Å²) in [5.74, 6) is -1.14. The van der Waals surface area contributed by atoms with E-state index in [-0.39, 0.29) is 12.5 Å². The van der Waals surface area contributed by atoms with Gasteiger partial charge in [0.2, 0.25) is 5.91 Å². The van der Waals surface area contributed by atoms with Crippen molar-refractivity contribution in [2.75, 3.05) is 19.6 Å². The number of hydrogen-bond acceptors (Lipinski definition) is 4. The lowest BCUT2D eigenvalue weighted by Gasteiger charge is -2.07. The van der Waals surface area contributed by atoms with Crippen LogP contribution in [0.4, 0.5) is 0 Å². The van der Waals surface area contributed by atoms with Crippen molar-refractivity contribution in [2.24, 2.45) is 5.73 Å². The number of hydrogen-bond donors (Lipinski definition) is 4.